The van der Waals surface area contributed by atoms with Crippen LogP contribution in [0.3, 0.4) is 0 Å². The Balaban J connectivity index is 1.76. The van der Waals surface area contributed by atoms with E-state index in [1.54, 1.807) is 6.92 Å². The molecule has 2 amide bonds. The quantitative estimate of drug-likeness (QED) is 0.853. The molecule has 118 valence electrons. The number of nitrogens with zero attached hydrogens (tertiary/aromatic N) is 1. The zero-order chi connectivity index (χ0) is 16.4. The van der Waals surface area contributed by atoms with Crippen LogP contribution in [-0.4, -0.2) is 34.1 Å². The van der Waals surface area contributed by atoms with Crippen LogP contribution in [0.4, 0.5) is 4.79 Å². The molecule has 2 atom stereocenters. The van der Waals surface area contributed by atoms with Gasteiger partial charge in [-0.15, -0.1) is 0 Å². The molecule has 0 unspecified atom stereocenters. The van der Waals surface area contributed by atoms with Gasteiger partial charge in [-0.05, 0) is 23.6 Å². The third kappa shape index (κ3) is 3.04. The van der Waals surface area contributed by atoms with Crippen molar-refractivity contribution in [3.8, 4) is 11.1 Å². The SMILES string of the molecule is C[C@@H]1NC(=O)[C@@H]1N(Cc1ccc(-c2ccccc2)cc1)C(=O)O. The van der Waals surface area contributed by atoms with E-state index in [4.69, 9.17) is 0 Å². The van der Waals surface area contributed by atoms with Crippen LogP contribution >= 0.6 is 0 Å². The van der Waals surface area contributed by atoms with Crippen molar-refractivity contribution in [3.63, 3.8) is 0 Å². The summed E-state index contributed by atoms with van der Waals surface area (Å²) in [5.41, 5.74) is 3.05. The van der Waals surface area contributed by atoms with Gasteiger partial charge < -0.3 is 10.4 Å². The summed E-state index contributed by atoms with van der Waals surface area (Å²) in [6.45, 7) is 2.01. The van der Waals surface area contributed by atoms with Crippen molar-refractivity contribution in [2.75, 3.05) is 0 Å². The lowest BCUT2D eigenvalue weighted by atomic mass is 9.98. The Hall–Kier alpha value is -2.82. The minimum atomic E-state index is -1.08. The first-order valence-corrected chi connectivity index (χ1v) is 7.50. The molecule has 0 radical (unpaired) electrons. The molecule has 0 aromatic heterocycles. The summed E-state index contributed by atoms with van der Waals surface area (Å²) >= 11 is 0. The Morgan fingerprint density at radius 1 is 1.09 bits per heavy atom. The number of carbonyl (C=O) groups excluding carboxylic acids is 1. The van der Waals surface area contributed by atoms with E-state index in [9.17, 15) is 14.7 Å². The van der Waals surface area contributed by atoms with Crippen LogP contribution in [0.2, 0.25) is 0 Å². The summed E-state index contributed by atoms with van der Waals surface area (Å²) in [7, 11) is 0. The lowest BCUT2D eigenvalue weighted by molar-refractivity contribution is -0.136. The lowest BCUT2D eigenvalue weighted by Crippen LogP contribution is -2.68. The maximum Gasteiger partial charge on any atom is 0.408 e. The van der Waals surface area contributed by atoms with Gasteiger partial charge in [0.15, 0.2) is 0 Å². The van der Waals surface area contributed by atoms with Crippen LogP contribution < -0.4 is 5.32 Å². The molecule has 2 aromatic rings. The highest BCUT2D eigenvalue weighted by Gasteiger charge is 2.42. The van der Waals surface area contributed by atoms with Gasteiger partial charge in [0.25, 0.3) is 0 Å². The van der Waals surface area contributed by atoms with Gasteiger partial charge >= 0.3 is 6.09 Å². The summed E-state index contributed by atoms with van der Waals surface area (Å²) in [6, 6.07) is 17.0. The number of nitrogens with one attached hydrogen (secondary N) is 1. The predicted molar refractivity (Wildman–Crippen MR) is 86.8 cm³/mol. The molecule has 0 saturated carbocycles. The van der Waals surface area contributed by atoms with Crippen molar-refractivity contribution in [2.45, 2.75) is 25.6 Å². The van der Waals surface area contributed by atoms with E-state index >= 15 is 0 Å². The highest BCUT2D eigenvalue weighted by molar-refractivity contribution is 5.91. The summed E-state index contributed by atoms with van der Waals surface area (Å²) < 4.78 is 0. The number of hydrogen-bond acceptors (Lipinski definition) is 2. The van der Waals surface area contributed by atoms with E-state index < -0.39 is 12.1 Å². The largest absolute Gasteiger partial charge is 0.465 e. The Labute approximate surface area is 134 Å². The minimum absolute atomic E-state index is 0.151. The van der Waals surface area contributed by atoms with Gasteiger partial charge in [-0.25, -0.2) is 4.79 Å². The number of carbonyl (C=O) groups is 2. The van der Waals surface area contributed by atoms with E-state index in [1.165, 1.54) is 4.90 Å². The first-order valence-electron chi connectivity index (χ1n) is 7.50. The fraction of sp³-hybridized carbons (Fsp3) is 0.222. The third-order valence-corrected chi connectivity index (χ3v) is 4.11. The average Bonchev–Trinajstić information content (AvgIpc) is 2.55. The Kier molecular flexibility index (Phi) is 4.02. The van der Waals surface area contributed by atoms with E-state index in [0.717, 1.165) is 16.7 Å². The zero-order valence-electron chi connectivity index (χ0n) is 12.8. The monoisotopic (exact) mass is 310 g/mol. The van der Waals surface area contributed by atoms with E-state index in [0.29, 0.717) is 0 Å². The second kappa shape index (κ2) is 6.12. The molecule has 5 heteroatoms. The number of amides is 2. The first-order chi connectivity index (χ1) is 11.1. The molecule has 0 spiro atoms. The minimum Gasteiger partial charge on any atom is -0.465 e. The smallest absolute Gasteiger partial charge is 0.408 e. The molecule has 1 fully saturated rings. The molecule has 1 aliphatic heterocycles. The molecule has 3 rings (SSSR count). The van der Waals surface area contributed by atoms with Gasteiger partial charge in [-0.2, -0.15) is 0 Å². The van der Waals surface area contributed by atoms with Crippen molar-refractivity contribution in [3.05, 3.63) is 60.2 Å². The zero-order valence-corrected chi connectivity index (χ0v) is 12.8. The van der Waals surface area contributed by atoms with Crippen LogP contribution in [0.15, 0.2) is 54.6 Å². The average molecular weight is 310 g/mol. The van der Waals surface area contributed by atoms with Gasteiger partial charge in [0.1, 0.15) is 6.04 Å². The molecule has 0 aliphatic carbocycles. The Morgan fingerprint density at radius 2 is 1.70 bits per heavy atom. The van der Waals surface area contributed by atoms with E-state index in [2.05, 4.69) is 5.32 Å². The van der Waals surface area contributed by atoms with Gasteiger partial charge in [-0.3, -0.25) is 9.69 Å². The van der Waals surface area contributed by atoms with Crippen molar-refractivity contribution in [2.24, 2.45) is 0 Å². The normalized spacial score (nSPS) is 19.6. The van der Waals surface area contributed by atoms with Gasteiger partial charge in [0, 0.05) is 6.54 Å². The predicted octanol–water partition coefficient (Wildman–Crippen LogP) is 2.72. The highest BCUT2D eigenvalue weighted by atomic mass is 16.4. The molecule has 23 heavy (non-hydrogen) atoms. The molecule has 5 nitrogen and oxygen atoms in total. The summed E-state index contributed by atoms with van der Waals surface area (Å²) in [4.78, 5) is 24.3. The van der Waals surface area contributed by atoms with Crippen LogP contribution in [0.1, 0.15) is 12.5 Å². The van der Waals surface area contributed by atoms with Crippen LogP contribution in [0.5, 0.6) is 0 Å². The number of benzene rings is 2. The van der Waals surface area contributed by atoms with E-state index in [-0.39, 0.29) is 18.5 Å². The molecule has 1 heterocycles. The number of hydrogen-bond donors (Lipinski definition) is 2. The fourth-order valence-corrected chi connectivity index (χ4v) is 2.85. The summed E-state index contributed by atoms with van der Waals surface area (Å²) in [5, 5.41) is 12.0. The maximum atomic E-state index is 11.6. The molecular weight excluding hydrogens is 292 g/mol. The second-order valence-electron chi connectivity index (χ2n) is 5.72. The molecule has 2 N–H and O–H groups in total. The molecule has 0 bridgehead atoms. The van der Waals surface area contributed by atoms with Gasteiger partial charge in [0.05, 0.1) is 6.04 Å². The Morgan fingerprint density at radius 3 is 2.22 bits per heavy atom. The number of β-lactam (4-membered cyclic amide) rings is 1. The van der Waals surface area contributed by atoms with Gasteiger partial charge in [0.2, 0.25) is 5.91 Å². The molecule has 1 aliphatic rings. The maximum absolute atomic E-state index is 11.6. The number of rotatable bonds is 4. The van der Waals surface area contributed by atoms with Crippen LogP contribution in [0, 0.1) is 0 Å². The topological polar surface area (TPSA) is 69.6 Å². The summed E-state index contributed by atoms with van der Waals surface area (Å²) in [5.74, 6) is -0.235. The third-order valence-electron chi connectivity index (χ3n) is 4.11. The van der Waals surface area contributed by atoms with Crippen LogP contribution in [-0.2, 0) is 11.3 Å². The second-order valence-corrected chi connectivity index (χ2v) is 5.72. The van der Waals surface area contributed by atoms with Crippen molar-refractivity contribution in [1.29, 1.82) is 0 Å². The van der Waals surface area contributed by atoms with E-state index in [1.807, 2.05) is 54.6 Å². The number of carboxylic acid groups (broad SMARTS) is 1. The fourth-order valence-electron chi connectivity index (χ4n) is 2.85. The van der Waals surface area contributed by atoms with Crippen molar-refractivity contribution >= 4 is 12.0 Å². The molecular formula is C18H18N2O3. The van der Waals surface area contributed by atoms with Crippen molar-refractivity contribution in [1.82, 2.24) is 10.2 Å². The van der Waals surface area contributed by atoms with Crippen LogP contribution in [0.25, 0.3) is 11.1 Å². The standard InChI is InChI=1S/C18H18N2O3/c1-12-16(17(21)19-12)20(18(22)23)11-13-7-9-15(10-8-13)14-5-3-2-4-6-14/h2-10,12,16H,11H2,1H3,(H,19,21)(H,22,23)/t12-,16+/m0/s1. The first kappa shape index (κ1) is 15.1. The molecule has 2 aromatic carbocycles. The van der Waals surface area contributed by atoms with Gasteiger partial charge in [-0.1, -0.05) is 54.6 Å². The van der Waals surface area contributed by atoms with Crippen molar-refractivity contribution < 1.29 is 14.7 Å². The Bertz CT molecular complexity index is 713. The highest BCUT2D eigenvalue weighted by Crippen LogP contribution is 2.22. The summed E-state index contributed by atoms with van der Waals surface area (Å²) in [6.07, 6.45) is -1.08. The molecule has 1 saturated heterocycles. The lowest BCUT2D eigenvalue weighted by Gasteiger charge is -2.40.